The second-order valence-corrected chi connectivity index (χ2v) is 11.4. The Hall–Kier alpha value is -2.06. The van der Waals surface area contributed by atoms with Crippen molar-refractivity contribution in [3.63, 3.8) is 0 Å². The van der Waals surface area contributed by atoms with E-state index in [1.807, 2.05) is 57.6 Å². The molecular formula is C30H50NO7P. The highest BCUT2D eigenvalue weighted by Gasteiger charge is 2.20. The van der Waals surface area contributed by atoms with Crippen molar-refractivity contribution >= 4 is 13.8 Å². The normalized spacial score (nSPS) is 15.5. The number of allylic oxidation sites excluding steroid dienone is 11. The summed E-state index contributed by atoms with van der Waals surface area (Å²) in [5, 5.41) is 9.32. The maximum atomic E-state index is 11.9. The van der Waals surface area contributed by atoms with Crippen molar-refractivity contribution in [3.05, 3.63) is 72.9 Å². The van der Waals surface area contributed by atoms with Crippen molar-refractivity contribution in [2.75, 3.05) is 47.5 Å². The number of phosphoric ester groups is 1. The predicted octanol–water partition coefficient (Wildman–Crippen LogP) is 5.58. The third-order valence-corrected chi connectivity index (χ3v) is 6.30. The third kappa shape index (κ3) is 27.3. The molecule has 39 heavy (non-hydrogen) atoms. The number of hydrogen-bond donors (Lipinski definition) is 1. The first-order chi connectivity index (χ1) is 18.6. The number of esters is 1. The van der Waals surface area contributed by atoms with Gasteiger partial charge in [-0.2, -0.15) is 0 Å². The smallest absolute Gasteiger partial charge is 0.330 e. The fraction of sp³-hybridized carbons (Fsp3) is 0.567. The van der Waals surface area contributed by atoms with Crippen LogP contribution < -0.4 is 4.89 Å². The van der Waals surface area contributed by atoms with Crippen LogP contribution in [0.1, 0.15) is 58.3 Å². The molecule has 0 rings (SSSR count). The Kier molecular flexibility index (Phi) is 22.5. The second kappa shape index (κ2) is 23.8. The standard InChI is InChI=1S/C30H50NO7P/c1-5-6-7-8-9-10-11-12-13-14-15-16-17-18-19-20-21-22-23-24-30(33)36-28-29(27-32)38-39(34,35)37-26-25-31(2,3)4/h13-24,29,32H,5-12,25-28H2,1-4H3/b14-13+,16-15+,18-17+,20-19+,22-21+,24-23+/t29-/m0/s1. The zero-order valence-corrected chi connectivity index (χ0v) is 25.2. The lowest BCUT2D eigenvalue weighted by molar-refractivity contribution is -0.870. The van der Waals surface area contributed by atoms with Gasteiger partial charge in [-0.15, -0.1) is 0 Å². The first-order valence-corrected chi connectivity index (χ1v) is 15.3. The highest BCUT2D eigenvalue weighted by Crippen LogP contribution is 2.39. The molecule has 0 aliphatic rings. The molecule has 222 valence electrons. The summed E-state index contributed by atoms with van der Waals surface area (Å²) in [6.45, 7) is 1.55. The largest absolute Gasteiger partial charge is 0.756 e. The molecule has 0 heterocycles. The number of aliphatic hydroxyl groups excluding tert-OH is 1. The van der Waals surface area contributed by atoms with E-state index in [4.69, 9.17) is 13.8 Å². The molecule has 0 radical (unpaired) electrons. The fourth-order valence-electron chi connectivity index (χ4n) is 3.02. The number of rotatable bonds is 23. The molecule has 1 unspecified atom stereocenters. The van der Waals surface area contributed by atoms with Crippen LogP contribution in [0.15, 0.2) is 72.9 Å². The number of hydrogen-bond acceptors (Lipinski definition) is 7. The molecule has 8 nitrogen and oxygen atoms in total. The van der Waals surface area contributed by atoms with Gasteiger partial charge in [0.05, 0.1) is 27.7 Å². The molecule has 0 saturated carbocycles. The van der Waals surface area contributed by atoms with Crippen molar-refractivity contribution in [2.45, 2.75) is 64.4 Å². The van der Waals surface area contributed by atoms with Crippen molar-refractivity contribution in [2.24, 2.45) is 0 Å². The number of nitrogens with zero attached hydrogens (tertiary/aromatic N) is 1. The van der Waals surface area contributed by atoms with Crippen molar-refractivity contribution in [1.82, 2.24) is 0 Å². The Labute approximate surface area is 236 Å². The molecule has 0 aliphatic carbocycles. The maximum Gasteiger partial charge on any atom is 0.330 e. The van der Waals surface area contributed by atoms with Gasteiger partial charge in [0.2, 0.25) is 0 Å². The van der Waals surface area contributed by atoms with Crippen LogP contribution in [0, 0.1) is 0 Å². The molecule has 2 atom stereocenters. The number of carbonyl (C=O) groups excluding carboxylic acids is 1. The van der Waals surface area contributed by atoms with Crippen molar-refractivity contribution < 1.29 is 37.6 Å². The maximum absolute atomic E-state index is 11.9. The van der Waals surface area contributed by atoms with Gasteiger partial charge in [0.25, 0.3) is 7.82 Å². The van der Waals surface area contributed by atoms with Gasteiger partial charge in [0.15, 0.2) is 0 Å². The van der Waals surface area contributed by atoms with Gasteiger partial charge < -0.3 is 28.3 Å². The predicted molar refractivity (Wildman–Crippen MR) is 157 cm³/mol. The van der Waals surface area contributed by atoms with E-state index in [0.717, 1.165) is 6.42 Å². The molecule has 0 saturated heterocycles. The molecule has 0 bridgehead atoms. The quantitative estimate of drug-likeness (QED) is 0.0429. The summed E-state index contributed by atoms with van der Waals surface area (Å²) in [7, 11) is 1.04. The summed E-state index contributed by atoms with van der Waals surface area (Å²) in [6, 6.07) is 0. The summed E-state index contributed by atoms with van der Waals surface area (Å²) in [5.41, 5.74) is 0. The molecule has 0 fully saturated rings. The number of carbonyl (C=O) groups is 1. The topological polar surface area (TPSA) is 105 Å². The second-order valence-electron chi connectivity index (χ2n) is 10.1. The Morgan fingerprint density at radius 2 is 1.41 bits per heavy atom. The van der Waals surface area contributed by atoms with Gasteiger partial charge in [-0.3, -0.25) is 4.57 Å². The summed E-state index contributed by atoms with van der Waals surface area (Å²) < 4.78 is 26.9. The Morgan fingerprint density at radius 1 is 0.872 bits per heavy atom. The molecular weight excluding hydrogens is 517 g/mol. The van der Waals surface area contributed by atoms with Crippen LogP contribution in [-0.4, -0.2) is 69.2 Å². The van der Waals surface area contributed by atoms with E-state index in [9.17, 15) is 19.4 Å². The number of phosphoric acid groups is 1. The Morgan fingerprint density at radius 3 is 1.97 bits per heavy atom. The van der Waals surface area contributed by atoms with E-state index in [1.165, 1.54) is 57.1 Å². The van der Waals surface area contributed by atoms with Gasteiger partial charge in [-0.05, 0) is 12.8 Å². The van der Waals surface area contributed by atoms with Crippen LogP contribution >= 0.6 is 7.82 Å². The minimum Gasteiger partial charge on any atom is -0.756 e. The monoisotopic (exact) mass is 567 g/mol. The minimum absolute atomic E-state index is 0.0605. The molecule has 0 aromatic rings. The zero-order valence-electron chi connectivity index (χ0n) is 24.3. The SMILES string of the molecule is CCCCCCCCC/C=C/C=C/C=C/C=C/C=C/C=C/C(=O)OC[C@H](CO)OP(=O)([O-])OCC[N+](C)(C)C. The molecule has 0 spiro atoms. The number of likely N-dealkylation sites (N-methyl/N-ethyl adjacent to an activating group) is 1. The highest BCUT2D eigenvalue weighted by molar-refractivity contribution is 7.45. The van der Waals surface area contributed by atoms with E-state index >= 15 is 0 Å². The summed E-state index contributed by atoms with van der Waals surface area (Å²) >= 11 is 0. The number of ether oxygens (including phenoxy) is 1. The highest BCUT2D eigenvalue weighted by atomic mass is 31.2. The van der Waals surface area contributed by atoms with E-state index in [0.29, 0.717) is 11.0 Å². The van der Waals surface area contributed by atoms with Crippen LogP contribution in [0.3, 0.4) is 0 Å². The van der Waals surface area contributed by atoms with E-state index in [-0.39, 0.29) is 6.61 Å². The summed E-state index contributed by atoms with van der Waals surface area (Å²) in [4.78, 5) is 23.7. The van der Waals surface area contributed by atoms with Crippen molar-refractivity contribution in [1.29, 1.82) is 0 Å². The molecule has 0 aromatic heterocycles. The van der Waals surface area contributed by atoms with Gasteiger partial charge in [-0.25, -0.2) is 4.79 Å². The van der Waals surface area contributed by atoms with E-state index in [2.05, 4.69) is 19.1 Å². The van der Waals surface area contributed by atoms with E-state index in [1.54, 1.807) is 12.2 Å². The van der Waals surface area contributed by atoms with Gasteiger partial charge >= 0.3 is 5.97 Å². The molecule has 0 amide bonds. The average Bonchev–Trinajstić information content (AvgIpc) is 2.86. The summed E-state index contributed by atoms with van der Waals surface area (Å²) in [6.07, 6.45) is 31.0. The Bertz CT molecular complexity index is 854. The van der Waals surface area contributed by atoms with Gasteiger partial charge in [-0.1, -0.05) is 112 Å². The van der Waals surface area contributed by atoms with Crippen LogP contribution in [0.4, 0.5) is 0 Å². The van der Waals surface area contributed by atoms with Crippen molar-refractivity contribution in [3.8, 4) is 0 Å². The number of aliphatic hydroxyl groups is 1. The van der Waals surface area contributed by atoms with E-state index < -0.39 is 33.1 Å². The fourth-order valence-corrected chi connectivity index (χ4v) is 3.88. The molecule has 0 aliphatic heterocycles. The summed E-state index contributed by atoms with van der Waals surface area (Å²) in [5.74, 6) is -0.692. The average molecular weight is 568 g/mol. The van der Waals surface area contributed by atoms with Crippen LogP contribution in [0.25, 0.3) is 0 Å². The van der Waals surface area contributed by atoms with Gasteiger partial charge in [0, 0.05) is 6.08 Å². The third-order valence-electron chi connectivity index (χ3n) is 5.25. The first kappa shape index (κ1) is 36.9. The first-order valence-electron chi connectivity index (χ1n) is 13.8. The zero-order chi connectivity index (χ0) is 29.2. The molecule has 9 heteroatoms. The van der Waals surface area contributed by atoms with Crippen LogP contribution in [-0.2, 0) is 23.1 Å². The lowest BCUT2D eigenvalue weighted by Crippen LogP contribution is -2.38. The lowest BCUT2D eigenvalue weighted by Gasteiger charge is -2.29. The number of quaternary nitrogens is 1. The van der Waals surface area contributed by atoms with Crippen LogP contribution in [0.2, 0.25) is 0 Å². The van der Waals surface area contributed by atoms with Crippen LogP contribution in [0.5, 0.6) is 0 Å². The Balaban J connectivity index is 4.09. The molecule has 1 N–H and O–H groups in total. The van der Waals surface area contributed by atoms with Gasteiger partial charge in [0.1, 0.15) is 25.9 Å². The minimum atomic E-state index is -4.63. The lowest BCUT2D eigenvalue weighted by atomic mass is 10.1. The number of unbranched alkanes of at least 4 members (excludes halogenated alkanes) is 7. The molecule has 0 aromatic carbocycles.